The number of hydrogen-bond acceptors (Lipinski definition) is 8. The summed E-state index contributed by atoms with van der Waals surface area (Å²) in [5, 5.41) is 21.6. The van der Waals surface area contributed by atoms with Crippen molar-refractivity contribution in [3.63, 3.8) is 0 Å². The SMILES string of the molecule is Cc1cc(-c2cc(Cl)ccc2OCCn2c(C)nc3c(C4CC4)ncc(C#N)c3c2=O)c2scc(C(=O)O)c2n1. The van der Waals surface area contributed by atoms with Crippen LogP contribution in [-0.2, 0) is 6.54 Å². The van der Waals surface area contributed by atoms with Crippen LogP contribution in [0.2, 0.25) is 5.02 Å². The number of fused-ring (bicyclic) bond motifs is 2. The van der Waals surface area contributed by atoms with Gasteiger partial charge in [-0.2, -0.15) is 5.26 Å². The fraction of sp³-hybridized carbons (Fsp3) is 0.241. The number of pyridine rings is 2. The summed E-state index contributed by atoms with van der Waals surface area (Å²) in [6.07, 6.45) is 3.47. The van der Waals surface area contributed by atoms with Gasteiger partial charge in [0.25, 0.3) is 5.56 Å². The van der Waals surface area contributed by atoms with Gasteiger partial charge < -0.3 is 9.84 Å². The van der Waals surface area contributed by atoms with E-state index in [-0.39, 0.29) is 35.8 Å². The molecule has 1 saturated carbocycles. The minimum atomic E-state index is -1.04. The highest BCUT2D eigenvalue weighted by Crippen LogP contribution is 2.42. The summed E-state index contributed by atoms with van der Waals surface area (Å²) in [4.78, 5) is 38.9. The Kier molecular flexibility index (Phi) is 6.49. The lowest BCUT2D eigenvalue weighted by Crippen LogP contribution is -2.27. The first-order chi connectivity index (χ1) is 19.3. The summed E-state index contributed by atoms with van der Waals surface area (Å²) in [7, 11) is 0. The molecule has 4 aromatic heterocycles. The molecule has 1 aromatic carbocycles. The van der Waals surface area contributed by atoms with E-state index in [1.807, 2.05) is 6.07 Å². The summed E-state index contributed by atoms with van der Waals surface area (Å²) in [6, 6.07) is 9.19. The number of nitrogens with zero attached hydrogens (tertiary/aromatic N) is 5. The van der Waals surface area contributed by atoms with E-state index in [0.29, 0.717) is 49.0 Å². The average molecular weight is 572 g/mol. The van der Waals surface area contributed by atoms with Crippen LogP contribution < -0.4 is 10.3 Å². The minimum absolute atomic E-state index is 0.142. The van der Waals surface area contributed by atoms with E-state index in [2.05, 4.69) is 16.0 Å². The Balaban J connectivity index is 1.36. The number of carboxylic acids is 1. The molecule has 40 heavy (non-hydrogen) atoms. The van der Waals surface area contributed by atoms with Crippen molar-refractivity contribution in [1.82, 2.24) is 19.5 Å². The Labute approximate surface area is 237 Å². The molecule has 1 aliphatic carbocycles. The Morgan fingerprint density at radius 1 is 1.23 bits per heavy atom. The Bertz CT molecular complexity index is 1960. The highest BCUT2D eigenvalue weighted by atomic mass is 35.5. The Hall–Kier alpha value is -4.33. The molecule has 11 heteroatoms. The molecule has 0 spiro atoms. The van der Waals surface area contributed by atoms with E-state index in [4.69, 9.17) is 21.3 Å². The summed E-state index contributed by atoms with van der Waals surface area (Å²) in [5.74, 6) is 0.283. The second-order valence-electron chi connectivity index (χ2n) is 9.72. The predicted octanol–water partition coefficient (Wildman–Crippen LogP) is 5.86. The molecule has 0 saturated heterocycles. The Morgan fingerprint density at radius 3 is 2.75 bits per heavy atom. The molecule has 0 amide bonds. The Morgan fingerprint density at radius 2 is 2.02 bits per heavy atom. The number of carbonyl (C=O) groups is 1. The van der Waals surface area contributed by atoms with Gasteiger partial charge in [-0.15, -0.1) is 11.3 Å². The molecule has 0 atom stereocenters. The summed E-state index contributed by atoms with van der Waals surface area (Å²) in [6.45, 7) is 3.91. The molecular formula is C29H22ClN5O4S. The number of rotatable bonds is 7. The number of halogens is 1. The molecule has 9 nitrogen and oxygen atoms in total. The van der Waals surface area contributed by atoms with Gasteiger partial charge in [0.05, 0.1) is 39.0 Å². The van der Waals surface area contributed by atoms with Gasteiger partial charge in [-0.1, -0.05) is 11.6 Å². The van der Waals surface area contributed by atoms with Crippen LogP contribution in [-0.4, -0.2) is 37.2 Å². The highest BCUT2D eigenvalue weighted by molar-refractivity contribution is 7.18. The number of aromatic carboxylic acids is 1. The predicted molar refractivity (Wildman–Crippen MR) is 152 cm³/mol. The quantitative estimate of drug-likeness (QED) is 0.257. The topological polar surface area (TPSA) is 131 Å². The fourth-order valence-corrected chi connectivity index (χ4v) is 6.11. The molecule has 1 N–H and O–H groups in total. The standard InChI is InChI=1S/C29H22ClN5O4S/c1-14-9-20(27-25(33-14)21(13-40-27)29(37)38)19-10-18(30)5-6-22(19)39-8-7-35-15(2)34-26-23(28(35)36)17(11-31)12-32-24(26)16-3-4-16/h5-6,9-10,12-13,16H,3-4,7-8H2,1-2H3,(H,37,38). The second kappa shape index (κ2) is 10.0. The molecule has 5 aromatic rings. The van der Waals surface area contributed by atoms with E-state index in [0.717, 1.165) is 24.1 Å². The molecule has 0 aliphatic heterocycles. The zero-order chi connectivity index (χ0) is 28.1. The van der Waals surface area contributed by atoms with Crippen molar-refractivity contribution >= 4 is 50.0 Å². The van der Waals surface area contributed by atoms with E-state index >= 15 is 0 Å². The normalized spacial score (nSPS) is 13.1. The number of nitriles is 1. The van der Waals surface area contributed by atoms with Crippen molar-refractivity contribution in [3.8, 4) is 22.9 Å². The molecule has 0 bridgehead atoms. The van der Waals surface area contributed by atoms with Crippen LogP contribution in [0.25, 0.3) is 32.2 Å². The van der Waals surface area contributed by atoms with Crippen LogP contribution >= 0.6 is 22.9 Å². The number of carboxylic acid groups (broad SMARTS) is 1. The number of benzene rings is 1. The van der Waals surface area contributed by atoms with E-state index in [1.165, 1.54) is 22.1 Å². The second-order valence-corrected chi connectivity index (χ2v) is 11.0. The number of aryl methyl sites for hydroxylation is 2. The zero-order valence-electron chi connectivity index (χ0n) is 21.6. The maximum atomic E-state index is 13.6. The highest BCUT2D eigenvalue weighted by Gasteiger charge is 2.29. The zero-order valence-corrected chi connectivity index (χ0v) is 23.1. The van der Waals surface area contributed by atoms with Crippen LogP contribution in [0, 0.1) is 25.2 Å². The van der Waals surface area contributed by atoms with Crippen LogP contribution in [0.4, 0.5) is 0 Å². The van der Waals surface area contributed by atoms with Crippen molar-refractivity contribution in [1.29, 1.82) is 5.26 Å². The van der Waals surface area contributed by atoms with Crippen molar-refractivity contribution < 1.29 is 14.6 Å². The largest absolute Gasteiger partial charge is 0.491 e. The average Bonchev–Trinajstić information content (AvgIpc) is 3.68. The third kappa shape index (κ3) is 4.47. The van der Waals surface area contributed by atoms with Gasteiger partial charge >= 0.3 is 5.97 Å². The summed E-state index contributed by atoms with van der Waals surface area (Å²) >= 11 is 7.66. The van der Waals surface area contributed by atoms with Crippen molar-refractivity contribution in [3.05, 3.63) is 79.6 Å². The van der Waals surface area contributed by atoms with Gasteiger partial charge in [0.15, 0.2) is 0 Å². The van der Waals surface area contributed by atoms with Gasteiger partial charge in [-0.3, -0.25) is 19.3 Å². The monoisotopic (exact) mass is 571 g/mol. The van der Waals surface area contributed by atoms with E-state index in [9.17, 15) is 20.0 Å². The molecule has 6 rings (SSSR count). The smallest absolute Gasteiger partial charge is 0.338 e. The van der Waals surface area contributed by atoms with Crippen LogP contribution in [0.3, 0.4) is 0 Å². The van der Waals surface area contributed by atoms with Crippen molar-refractivity contribution in [2.45, 2.75) is 39.2 Å². The van der Waals surface area contributed by atoms with Gasteiger partial charge in [-0.05, 0) is 51.0 Å². The maximum absolute atomic E-state index is 13.6. The van der Waals surface area contributed by atoms with E-state index < -0.39 is 5.97 Å². The van der Waals surface area contributed by atoms with Crippen molar-refractivity contribution in [2.24, 2.45) is 0 Å². The van der Waals surface area contributed by atoms with Crippen LogP contribution in [0.1, 0.15) is 51.9 Å². The lowest BCUT2D eigenvalue weighted by atomic mass is 10.0. The molecule has 1 fully saturated rings. The number of aromatic nitrogens is 4. The van der Waals surface area contributed by atoms with Gasteiger partial charge in [-0.25, -0.2) is 9.78 Å². The summed E-state index contributed by atoms with van der Waals surface area (Å²) in [5.41, 5.74) is 3.87. The van der Waals surface area contributed by atoms with Gasteiger partial charge in [0.2, 0.25) is 0 Å². The lowest BCUT2D eigenvalue weighted by Gasteiger charge is -2.16. The first kappa shape index (κ1) is 25.9. The van der Waals surface area contributed by atoms with Crippen LogP contribution in [0.15, 0.2) is 40.6 Å². The maximum Gasteiger partial charge on any atom is 0.338 e. The first-order valence-electron chi connectivity index (χ1n) is 12.6. The third-order valence-electron chi connectivity index (χ3n) is 6.97. The number of hydrogen-bond donors (Lipinski definition) is 1. The number of thiophene rings is 1. The molecule has 0 unspecified atom stereocenters. The lowest BCUT2D eigenvalue weighted by molar-refractivity contribution is 0.0699. The fourth-order valence-electron chi connectivity index (χ4n) is 4.93. The third-order valence-corrected chi connectivity index (χ3v) is 8.21. The summed E-state index contributed by atoms with van der Waals surface area (Å²) < 4.78 is 8.42. The molecule has 200 valence electrons. The van der Waals surface area contributed by atoms with Crippen LogP contribution in [0.5, 0.6) is 5.75 Å². The minimum Gasteiger partial charge on any atom is -0.491 e. The van der Waals surface area contributed by atoms with Gasteiger partial charge in [0, 0.05) is 39.3 Å². The number of ether oxygens (including phenoxy) is 1. The van der Waals surface area contributed by atoms with E-state index in [1.54, 1.807) is 37.4 Å². The van der Waals surface area contributed by atoms with Gasteiger partial charge in [0.1, 0.15) is 29.8 Å². The molecular weight excluding hydrogens is 550 g/mol. The molecule has 0 radical (unpaired) electrons. The first-order valence-corrected chi connectivity index (χ1v) is 13.9. The van der Waals surface area contributed by atoms with Crippen molar-refractivity contribution in [2.75, 3.05) is 6.61 Å². The molecule has 4 heterocycles. The molecule has 1 aliphatic rings.